The van der Waals surface area contributed by atoms with Gasteiger partial charge in [-0.1, -0.05) is 50.6 Å². The van der Waals surface area contributed by atoms with E-state index in [9.17, 15) is 4.79 Å². The number of hydrogen-bond donors (Lipinski definition) is 1. The molecule has 1 saturated carbocycles. The van der Waals surface area contributed by atoms with Gasteiger partial charge >= 0.3 is 5.97 Å². The number of carbonyl (C=O) groups is 1. The highest BCUT2D eigenvalue weighted by atomic mass is 16.5. The SMILES string of the molecule is C=C(CO)C(=O)OCCCC1CCC(c2ccc(CCCCC)cc2)CC1. The lowest BCUT2D eigenvalue weighted by Crippen LogP contribution is -2.15. The molecule has 2 rings (SSSR count). The Hall–Kier alpha value is -1.61. The van der Waals surface area contributed by atoms with E-state index in [1.54, 1.807) is 0 Å². The van der Waals surface area contributed by atoms with Gasteiger partial charge < -0.3 is 9.84 Å². The predicted octanol–water partition coefficient (Wildman–Crippen LogP) is 5.57. The van der Waals surface area contributed by atoms with Crippen LogP contribution in [0.1, 0.15) is 81.8 Å². The minimum atomic E-state index is -0.473. The molecule has 150 valence electrons. The van der Waals surface area contributed by atoms with Crippen LogP contribution < -0.4 is 0 Å². The van der Waals surface area contributed by atoms with E-state index in [0.717, 1.165) is 18.8 Å². The van der Waals surface area contributed by atoms with E-state index >= 15 is 0 Å². The van der Waals surface area contributed by atoms with Crippen molar-refractivity contribution in [2.75, 3.05) is 13.2 Å². The number of benzene rings is 1. The number of esters is 1. The van der Waals surface area contributed by atoms with Crippen molar-refractivity contribution in [3.63, 3.8) is 0 Å². The Bertz CT molecular complexity index is 568. The van der Waals surface area contributed by atoms with Crippen LogP contribution in [0.2, 0.25) is 0 Å². The average Bonchev–Trinajstić information content (AvgIpc) is 2.71. The fourth-order valence-electron chi connectivity index (χ4n) is 4.02. The van der Waals surface area contributed by atoms with Crippen LogP contribution >= 0.6 is 0 Å². The lowest BCUT2D eigenvalue weighted by Gasteiger charge is -2.29. The third-order valence-electron chi connectivity index (χ3n) is 5.84. The van der Waals surface area contributed by atoms with Crippen LogP contribution in [0, 0.1) is 5.92 Å². The molecule has 1 aromatic carbocycles. The maximum Gasteiger partial charge on any atom is 0.335 e. The molecule has 0 atom stereocenters. The zero-order valence-corrected chi connectivity index (χ0v) is 16.9. The minimum absolute atomic E-state index is 0.131. The van der Waals surface area contributed by atoms with Crippen molar-refractivity contribution < 1.29 is 14.6 Å². The summed E-state index contributed by atoms with van der Waals surface area (Å²) in [6.07, 6.45) is 12.2. The molecule has 0 saturated heterocycles. The van der Waals surface area contributed by atoms with Crippen molar-refractivity contribution in [1.29, 1.82) is 0 Å². The first-order chi connectivity index (χ1) is 13.1. The van der Waals surface area contributed by atoms with Crippen LogP contribution in [0.3, 0.4) is 0 Å². The number of carbonyl (C=O) groups excluding carboxylic acids is 1. The largest absolute Gasteiger partial charge is 0.462 e. The van der Waals surface area contributed by atoms with Crippen LogP contribution in [0.5, 0.6) is 0 Å². The number of hydrogen-bond acceptors (Lipinski definition) is 3. The fraction of sp³-hybridized carbons (Fsp3) is 0.625. The summed E-state index contributed by atoms with van der Waals surface area (Å²) in [4.78, 5) is 11.4. The monoisotopic (exact) mass is 372 g/mol. The quantitative estimate of drug-likeness (QED) is 0.314. The van der Waals surface area contributed by atoms with Crippen molar-refractivity contribution in [2.45, 2.75) is 77.0 Å². The summed E-state index contributed by atoms with van der Waals surface area (Å²) >= 11 is 0. The van der Waals surface area contributed by atoms with Crippen LogP contribution in [0.25, 0.3) is 0 Å². The summed E-state index contributed by atoms with van der Waals surface area (Å²) in [5, 5.41) is 8.85. The van der Waals surface area contributed by atoms with Gasteiger partial charge in [-0.25, -0.2) is 4.79 Å². The van der Waals surface area contributed by atoms with E-state index in [1.165, 1.54) is 62.5 Å². The zero-order valence-electron chi connectivity index (χ0n) is 16.9. The zero-order chi connectivity index (χ0) is 19.5. The molecular formula is C24H36O3. The van der Waals surface area contributed by atoms with E-state index in [2.05, 4.69) is 37.8 Å². The van der Waals surface area contributed by atoms with E-state index in [0.29, 0.717) is 12.5 Å². The molecule has 0 heterocycles. The predicted molar refractivity (Wildman–Crippen MR) is 111 cm³/mol. The molecule has 1 fully saturated rings. The molecule has 1 aliphatic rings. The highest BCUT2D eigenvalue weighted by Gasteiger charge is 2.22. The van der Waals surface area contributed by atoms with Crippen LogP contribution in [0.15, 0.2) is 36.4 Å². The molecule has 0 bridgehead atoms. The van der Waals surface area contributed by atoms with Gasteiger partial charge in [0.05, 0.1) is 18.8 Å². The van der Waals surface area contributed by atoms with E-state index in [-0.39, 0.29) is 12.2 Å². The molecule has 0 radical (unpaired) electrons. The molecular weight excluding hydrogens is 336 g/mol. The molecule has 0 amide bonds. The molecule has 0 spiro atoms. The Kier molecular flexibility index (Phi) is 9.61. The first kappa shape index (κ1) is 21.7. The van der Waals surface area contributed by atoms with Gasteiger partial charge in [0.1, 0.15) is 0 Å². The van der Waals surface area contributed by atoms with Crippen molar-refractivity contribution in [1.82, 2.24) is 0 Å². The molecule has 0 unspecified atom stereocenters. The second-order valence-corrected chi connectivity index (χ2v) is 7.96. The van der Waals surface area contributed by atoms with Crippen LogP contribution in [-0.4, -0.2) is 24.3 Å². The van der Waals surface area contributed by atoms with Crippen molar-refractivity contribution >= 4 is 5.97 Å². The number of unbranched alkanes of at least 4 members (excludes halogenated alkanes) is 2. The van der Waals surface area contributed by atoms with E-state index < -0.39 is 5.97 Å². The van der Waals surface area contributed by atoms with Gasteiger partial charge in [-0.3, -0.25) is 0 Å². The summed E-state index contributed by atoms with van der Waals surface area (Å²) in [5.74, 6) is 0.977. The number of ether oxygens (including phenoxy) is 1. The van der Waals surface area contributed by atoms with E-state index in [4.69, 9.17) is 9.84 Å². The Labute approximate surface area is 164 Å². The van der Waals surface area contributed by atoms with Gasteiger partial charge in [-0.05, 0) is 74.3 Å². The first-order valence-corrected chi connectivity index (χ1v) is 10.7. The number of aliphatic hydroxyl groups is 1. The molecule has 27 heavy (non-hydrogen) atoms. The Morgan fingerprint density at radius 3 is 2.44 bits per heavy atom. The molecule has 3 heteroatoms. The van der Waals surface area contributed by atoms with Crippen molar-refractivity contribution in [3.8, 4) is 0 Å². The number of aliphatic hydroxyl groups excluding tert-OH is 1. The summed E-state index contributed by atoms with van der Waals surface area (Å²) in [6.45, 7) is 5.83. The Balaban J connectivity index is 1.65. The molecule has 3 nitrogen and oxygen atoms in total. The van der Waals surface area contributed by atoms with Crippen molar-refractivity contribution in [2.24, 2.45) is 5.92 Å². The normalized spacial score (nSPS) is 19.6. The molecule has 1 N–H and O–H groups in total. The highest BCUT2D eigenvalue weighted by Crippen LogP contribution is 2.37. The lowest BCUT2D eigenvalue weighted by molar-refractivity contribution is -0.139. The van der Waals surface area contributed by atoms with Gasteiger partial charge in [-0.15, -0.1) is 0 Å². The Morgan fingerprint density at radius 2 is 1.81 bits per heavy atom. The number of rotatable bonds is 11. The minimum Gasteiger partial charge on any atom is -0.462 e. The average molecular weight is 373 g/mol. The standard InChI is InChI=1S/C24H36O3/c1-3-4-5-7-20-9-13-22(14-10-20)23-15-11-21(12-16-23)8-6-17-27-24(26)19(2)18-25/h9-10,13-14,21,23,25H,2-8,11-12,15-18H2,1H3. The fourth-order valence-corrected chi connectivity index (χ4v) is 4.02. The second kappa shape index (κ2) is 12.0. The van der Waals surface area contributed by atoms with Gasteiger partial charge in [0.2, 0.25) is 0 Å². The van der Waals surface area contributed by atoms with Gasteiger partial charge in [0.15, 0.2) is 0 Å². The van der Waals surface area contributed by atoms with Crippen molar-refractivity contribution in [3.05, 3.63) is 47.5 Å². The highest BCUT2D eigenvalue weighted by molar-refractivity contribution is 5.87. The lowest BCUT2D eigenvalue weighted by atomic mass is 9.77. The topological polar surface area (TPSA) is 46.5 Å². The molecule has 1 aromatic rings. The first-order valence-electron chi connectivity index (χ1n) is 10.7. The van der Waals surface area contributed by atoms with Crippen LogP contribution in [-0.2, 0) is 16.0 Å². The van der Waals surface area contributed by atoms with Gasteiger partial charge in [0, 0.05) is 0 Å². The number of aryl methyl sites for hydroxylation is 1. The summed E-state index contributed by atoms with van der Waals surface area (Å²) in [6, 6.07) is 9.34. The summed E-state index contributed by atoms with van der Waals surface area (Å²) in [5.41, 5.74) is 3.11. The van der Waals surface area contributed by atoms with E-state index in [1.807, 2.05) is 0 Å². The van der Waals surface area contributed by atoms with Gasteiger partial charge in [0.25, 0.3) is 0 Å². The van der Waals surface area contributed by atoms with Crippen LogP contribution in [0.4, 0.5) is 0 Å². The summed E-state index contributed by atoms with van der Waals surface area (Å²) < 4.78 is 5.12. The maximum absolute atomic E-state index is 11.4. The third kappa shape index (κ3) is 7.50. The summed E-state index contributed by atoms with van der Waals surface area (Å²) in [7, 11) is 0. The molecule has 0 aliphatic heterocycles. The van der Waals surface area contributed by atoms with Gasteiger partial charge in [-0.2, -0.15) is 0 Å². The third-order valence-corrected chi connectivity index (χ3v) is 5.84. The molecule has 0 aromatic heterocycles. The maximum atomic E-state index is 11.4. The molecule has 1 aliphatic carbocycles. The smallest absolute Gasteiger partial charge is 0.335 e. The Morgan fingerprint density at radius 1 is 1.11 bits per heavy atom. The second-order valence-electron chi connectivity index (χ2n) is 7.96.